The maximum absolute atomic E-state index is 13.0. The molecule has 34 heavy (non-hydrogen) atoms. The maximum Gasteiger partial charge on any atom is 0.231 e. The number of fused-ring (bicyclic) bond motifs is 3. The highest BCUT2D eigenvalue weighted by molar-refractivity contribution is 6.05. The Kier molecular flexibility index (Phi) is 7.07. The lowest BCUT2D eigenvalue weighted by atomic mass is 9.94. The number of rotatable bonds is 6. The van der Waals surface area contributed by atoms with Crippen LogP contribution in [0.2, 0.25) is 0 Å². The van der Waals surface area contributed by atoms with Crippen LogP contribution in [0, 0.1) is 0 Å². The van der Waals surface area contributed by atoms with Gasteiger partial charge in [0.2, 0.25) is 5.91 Å². The van der Waals surface area contributed by atoms with E-state index in [9.17, 15) is 9.59 Å². The molecule has 0 atom stereocenters. The van der Waals surface area contributed by atoms with Gasteiger partial charge in [-0.3, -0.25) is 19.5 Å². The van der Waals surface area contributed by atoms with E-state index in [1.165, 1.54) is 45.2 Å². The summed E-state index contributed by atoms with van der Waals surface area (Å²) in [6.45, 7) is 5.54. The van der Waals surface area contributed by atoms with Crippen LogP contribution in [0.1, 0.15) is 60.9 Å². The Balaban J connectivity index is 1.17. The highest BCUT2D eigenvalue weighted by Crippen LogP contribution is 2.36. The molecule has 1 saturated heterocycles. The third-order valence-electron chi connectivity index (χ3n) is 7.97. The number of amides is 1. The Morgan fingerprint density at radius 1 is 1.03 bits per heavy atom. The van der Waals surface area contributed by atoms with Crippen LogP contribution in [0.3, 0.4) is 0 Å². The molecule has 1 aliphatic carbocycles. The van der Waals surface area contributed by atoms with E-state index >= 15 is 0 Å². The highest BCUT2D eigenvalue weighted by atomic mass is 16.2. The number of carbonyl (C=O) groups is 2. The average Bonchev–Trinajstić information content (AvgIpc) is 2.99. The summed E-state index contributed by atoms with van der Waals surface area (Å²) >= 11 is 0. The van der Waals surface area contributed by atoms with Crippen LogP contribution in [0.25, 0.3) is 11.1 Å². The molecule has 1 aromatic carbocycles. The van der Waals surface area contributed by atoms with Crippen molar-refractivity contribution in [2.24, 2.45) is 0 Å². The van der Waals surface area contributed by atoms with Crippen LogP contribution < -0.4 is 4.90 Å². The van der Waals surface area contributed by atoms with Crippen LogP contribution >= 0.6 is 0 Å². The van der Waals surface area contributed by atoms with Crippen LogP contribution in [-0.4, -0.2) is 72.3 Å². The van der Waals surface area contributed by atoms with Crippen molar-refractivity contribution in [3.63, 3.8) is 0 Å². The normalized spacial score (nSPS) is 20.0. The number of hydrogen-bond acceptors (Lipinski definition) is 5. The number of aromatic nitrogens is 1. The molecule has 0 unspecified atom stereocenters. The van der Waals surface area contributed by atoms with Gasteiger partial charge in [-0.1, -0.05) is 31.4 Å². The second-order valence-corrected chi connectivity index (χ2v) is 10.1. The molecule has 180 valence electrons. The van der Waals surface area contributed by atoms with Crippen molar-refractivity contribution in [2.75, 3.05) is 44.7 Å². The van der Waals surface area contributed by atoms with Gasteiger partial charge in [0.05, 0.1) is 12.1 Å². The molecule has 0 radical (unpaired) electrons. The first-order chi connectivity index (χ1) is 16.6. The molecule has 6 nitrogen and oxygen atoms in total. The molecule has 1 saturated carbocycles. The fourth-order valence-corrected chi connectivity index (χ4v) is 5.85. The molecule has 1 amide bonds. The number of ketones is 1. The smallest absolute Gasteiger partial charge is 0.231 e. The lowest BCUT2D eigenvalue weighted by molar-refractivity contribution is -0.117. The molecule has 5 rings (SSSR count). The van der Waals surface area contributed by atoms with Gasteiger partial charge in [-0.05, 0) is 43.5 Å². The predicted octanol–water partition coefficient (Wildman–Crippen LogP) is 4.18. The average molecular weight is 461 g/mol. The van der Waals surface area contributed by atoms with Crippen molar-refractivity contribution in [2.45, 2.75) is 57.4 Å². The fraction of sp³-hybridized carbons (Fsp3) is 0.536. The zero-order valence-corrected chi connectivity index (χ0v) is 20.3. The highest BCUT2D eigenvalue weighted by Gasteiger charge is 2.26. The molecule has 3 aliphatic rings. The van der Waals surface area contributed by atoms with Gasteiger partial charge < -0.3 is 9.80 Å². The zero-order chi connectivity index (χ0) is 23.5. The van der Waals surface area contributed by atoms with E-state index < -0.39 is 0 Å². The molecule has 1 aromatic heterocycles. The Bertz CT molecular complexity index is 1040. The van der Waals surface area contributed by atoms with Crippen molar-refractivity contribution in [3.05, 3.63) is 47.8 Å². The third-order valence-corrected chi connectivity index (χ3v) is 7.97. The van der Waals surface area contributed by atoms with Crippen molar-refractivity contribution in [1.29, 1.82) is 0 Å². The Hall–Kier alpha value is -2.57. The van der Waals surface area contributed by atoms with E-state index in [4.69, 9.17) is 0 Å². The van der Waals surface area contributed by atoms with Gasteiger partial charge in [0.15, 0.2) is 5.78 Å². The molecule has 3 heterocycles. The number of anilines is 1. The number of piperazine rings is 1. The molecule has 2 fully saturated rings. The molecule has 2 aliphatic heterocycles. The van der Waals surface area contributed by atoms with Crippen LogP contribution in [0.15, 0.2) is 36.7 Å². The first-order valence-electron chi connectivity index (χ1n) is 12.9. The zero-order valence-electron chi connectivity index (χ0n) is 20.3. The van der Waals surface area contributed by atoms with E-state index in [2.05, 4.69) is 14.8 Å². The van der Waals surface area contributed by atoms with E-state index in [0.29, 0.717) is 18.4 Å². The molecular formula is C28H36N4O2. The molecule has 0 N–H and O–H groups in total. The number of Topliss-reactive ketones (excluding diaryl/α,β-unsaturated/α-hetero) is 1. The first kappa shape index (κ1) is 23.2. The maximum atomic E-state index is 13.0. The van der Waals surface area contributed by atoms with Crippen molar-refractivity contribution in [1.82, 2.24) is 14.8 Å². The Labute approximate surface area is 202 Å². The lowest BCUT2D eigenvalue weighted by Crippen LogP contribution is -2.50. The SMILES string of the molecule is CN1C(=O)Cc2ccncc2-c2ccc(C(=O)CCCN3CCN(C4CCCCC4)CC3)cc21. The fourth-order valence-electron chi connectivity index (χ4n) is 5.85. The molecule has 0 spiro atoms. The summed E-state index contributed by atoms with van der Waals surface area (Å²) in [5.41, 5.74) is 4.40. The number of pyridine rings is 1. The molecule has 2 aromatic rings. The van der Waals surface area contributed by atoms with E-state index in [1.54, 1.807) is 18.1 Å². The van der Waals surface area contributed by atoms with Gasteiger partial charge >= 0.3 is 0 Å². The minimum Gasteiger partial charge on any atom is -0.315 e. The standard InChI is InChI=1S/C28H36N4O2/c1-30-26-18-22(9-10-24(26)25-20-29-12-11-21(25)19-28(30)34)27(33)8-5-13-31-14-16-32(17-15-31)23-6-3-2-4-7-23/h9-12,18,20,23H,2-8,13-17,19H2,1H3. The summed E-state index contributed by atoms with van der Waals surface area (Å²) in [7, 11) is 1.79. The lowest BCUT2D eigenvalue weighted by Gasteiger charge is -2.40. The predicted molar refractivity (Wildman–Crippen MR) is 135 cm³/mol. The third kappa shape index (κ3) is 4.93. The van der Waals surface area contributed by atoms with Gasteiger partial charge in [-0.15, -0.1) is 0 Å². The summed E-state index contributed by atoms with van der Waals surface area (Å²) in [5.74, 6) is 0.184. The molecular weight excluding hydrogens is 424 g/mol. The summed E-state index contributed by atoms with van der Waals surface area (Å²) in [5, 5.41) is 0. The van der Waals surface area contributed by atoms with E-state index in [0.717, 1.165) is 54.5 Å². The topological polar surface area (TPSA) is 56.8 Å². The monoisotopic (exact) mass is 460 g/mol. The largest absolute Gasteiger partial charge is 0.315 e. The van der Waals surface area contributed by atoms with Crippen molar-refractivity contribution >= 4 is 17.4 Å². The Morgan fingerprint density at radius 2 is 1.82 bits per heavy atom. The number of carbonyl (C=O) groups excluding carboxylic acids is 2. The summed E-state index contributed by atoms with van der Waals surface area (Å²) in [6, 6.07) is 8.48. The van der Waals surface area contributed by atoms with E-state index in [-0.39, 0.29) is 11.7 Å². The van der Waals surface area contributed by atoms with Crippen LogP contribution in [-0.2, 0) is 11.2 Å². The number of hydrogen-bond donors (Lipinski definition) is 0. The van der Waals surface area contributed by atoms with Gasteiger partial charge in [-0.25, -0.2) is 0 Å². The number of benzene rings is 1. The minimum absolute atomic E-state index is 0.0307. The van der Waals surface area contributed by atoms with Crippen molar-refractivity contribution < 1.29 is 9.59 Å². The summed E-state index contributed by atoms with van der Waals surface area (Å²) < 4.78 is 0. The van der Waals surface area contributed by atoms with Gasteiger partial charge in [0, 0.05) is 74.8 Å². The van der Waals surface area contributed by atoms with Gasteiger partial charge in [0.25, 0.3) is 0 Å². The Morgan fingerprint density at radius 3 is 2.62 bits per heavy atom. The van der Waals surface area contributed by atoms with Gasteiger partial charge in [0.1, 0.15) is 0 Å². The second kappa shape index (κ2) is 10.4. The van der Waals surface area contributed by atoms with Gasteiger partial charge in [-0.2, -0.15) is 0 Å². The minimum atomic E-state index is 0.0307. The molecule has 6 heteroatoms. The van der Waals surface area contributed by atoms with Crippen molar-refractivity contribution in [3.8, 4) is 11.1 Å². The number of likely N-dealkylation sites (N-methyl/N-ethyl adjacent to an activating group) is 1. The van der Waals surface area contributed by atoms with Crippen LogP contribution in [0.5, 0.6) is 0 Å². The van der Waals surface area contributed by atoms with Crippen LogP contribution in [0.4, 0.5) is 5.69 Å². The summed E-state index contributed by atoms with van der Waals surface area (Å²) in [4.78, 5) is 36.9. The number of nitrogens with zero attached hydrogens (tertiary/aromatic N) is 4. The second-order valence-electron chi connectivity index (χ2n) is 10.1. The first-order valence-corrected chi connectivity index (χ1v) is 12.9. The van der Waals surface area contributed by atoms with E-state index in [1.807, 2.05) is 30.5 Å². The molecule has 0 bridgehead atoms. The summed E-state index contributed by atoms with van der Waals surface area (Å²) in [6.07, 6.45) is 12.2. The quantitative estimate of drug-likeness (QED) is 0.606.